The first-order valence-corrected chi connectivity index (χ1v) is 7.59. The number of hydrogen-bond acceptors (Lipinski definition) is 1. The van der Waals surface area contributed by atoms with Crippen molar-refractivity contribution >= 4 is 25.1 Å². The summed E-state index contributed by atoms with van der Waals surface area (Å²) in [5.41, 5.74) is 2.63. The molecule has 0 aliphatic carbocycles. The van der Waals surface area contributed by atoms with E-state index in [0.29, 0.717) is 15.0 Å². The van der Waals surface area contributed by atoms with Crippen LogP contribution >= 0.6 is 0 Å². The first-order chi connectivity index (χ1) is 8.43. The second-order valence-electron chi connectivity index (χ2n) is 3.82. The predicted octanol–water partition coefficient (Wildman–Crippen LogP) is 1.86. The summed E-state index contributed by atoms with van der Waals surface area (Å²) in [5, 5.41) is 1.11. The van der Waals surface area contributed by atoms with Crippen LogP contribution < -0.4 is 4.59 Å². The number of imidazole rings is 1. The molecule has 0 amide bonds. The van der Waals surface area contributed by atoms with Gasteiger partial charge in [-0.05, 0) is 0 Å². The van der Waals surface area contributed by atoms with E-state index in [1.54, 1.807) is 0 Å². The molecule has 0 saturated heterocycles. The van der Waals surface area contributed by atoms with Crippen LogP contribution in [0.3, 0.4) is 0 Å². The van der Waals surface area contributed by atoms with E-state index in [-0.39, 0.29) is 0 Å². The van der Waals surface area contributed by atoms with Gasteiger partial charge in [-0.15, -0.1) is 0 Å². The van der Waals surface area contributed by atoms with Gasteiger partial charge in [-0.3, -0.25) is 0 Å². The van der Waals surface area contributed by atoms with Crippen molar-refractivity contribution in [2.75, 3.05) is 0 Å². The molecule has 0 N–H and O–H groups in total. The van der Waals surface area contributed by atoms with Gasteiger partial charge in [-0.1, -0.05) is 0 Å². The molecular formula is C14H12N2Se. The first kappa shape index (κ1) is 10.6. The van der Waals surface area contributed by atoms with Crippen LogP contribution in [0.4, 0.5) is 0 Å². The van der Waals surface area contributed by atoms with Crippen molar-refractivity contribution in [1.29, 1.82) is 0 Å². The Morgan fingerprint density at radius 1 is 1.00 bits per heavy atom. The van der Waals surface area contributed by atoms with Gasteiger partial charge < -0.3 is 0 Å². The zero-order valence-electron chi connectivity index (χ0n) is 9.28. The van der Waals surface area contributed by atoms with Crippen LogP contribution in [-0.2, 0) is 5.32 Å². The Labute approximate surface area is 106 Å². The second-order valence-corrected chi connectivity index (χ2v) is 5.84. The van der Waals surface area contributed by atoms with E-state index in [1.807, 2.05) is 18.6 Å². The van der Waals surface area contributed by atoms with Crippen molar-refractivity contribution in [3.05, 3.63) is 66.6 Å². The van der Waals surface area contributed by atoms with E-state index in [2.05, 4.69) is 51.8 Å². The molecular weight excluding hydrogens is 275 g/mol. The van der Waals surface area contributed by atoms with E-state index in [4.69, 9.17) is 0 Å². The van der Waals surface area contributed by atoms with Crippen LogP contribution in [0.1, 0.15) is 5.56 Å². The number of benzene rings is 1. The van der Waals surface area contributed by atoms with Crippen LogP contribution in [0.15, 0.2) is 61.1 Å². The van der Waals surface area contributed by atoms with Gasteiger partial charge in [0.2, 0.25) is 0 Å². The monoisotopic (exact) mass is 288 g/mol. The number of hydrogen-bond donors (Lipinski definition) is 0. The summed E-state index contributed by atoms with van der Waals surface area (Å²) < 4.78 is 3.32. The maximum atomic E-state index is 4.50. The Bertz CT molecular complexity index is 616. The minimum absolute atomic E-state index is 0.400. The van der Waals surface area contributed by atoms with Gasteiger partial charge >= 0.3 is 106 Å². The molecule has 17 heavy (non-hydrogen) atoms. The summed E-state index contributed by atoms with van der Waals surface area (Å²) >= 11 is 0.400. The molecule has 0 fully saturated rings. The topological polar surface area (TPSA) is 17.3 Å². The summed E-state index contributed by atoms with van der Waals surface area (Å²) in [7, 11) is 0. The number of aromatic nitrogens is 2. The summed E-state index contributed by atoms with van der Waals surface area (Å²) in [4.78, 5) is 4.50. The SMILES string of the molecule is c1ccc(C[Se]c2ncn3ccccc23)cc1. The number of fused-ring (bicyclic) bond motifs is 1. The molecule has 0 spiro atoms. The molecule has 0 atom stereocenters. The molecule has 2 heterocycles. The van der Waals surface area contributed by atoms with Crippen molar-refractivity contribution in [1.82, 2.24) is 9.38 Å². The molecule has 84 valence electrons. The molecule has 0 radical (unpaired) electrons. The zero-order valence-corrected chi connectivity index (χ0v) is 11.0. The summed E-state index contributed by atoms with van der Waals surface area (Å²) in [6.45, 7) is 0. The van der Waals surface area contributed by atoms with Crippen molar-refractivity contribution in [2.24, 2.45) is 0 Å². The molecule has 3 aromatic rings. The average Bonchev–Trinajstić information content (AvgIpc) is 2.81. The molecule has 2 aromatic heterocycles. The van der Waals surface area contributed by atoms with Crippen LogP contribution in [-0.4, -0.2) is 24.3 Å². The van der Waals surface area contributed by atoms with Crippen LogP contribution in [0.25, 0.3) is 5.52 Å². The van der Waals surface area contributed by atoms with Gasteiger partial charge in [0.1, 0.15) is 0 Å². The molecule has 0 aliphatic heterocycles. The Hall–Kier alpha value is -1.57. The number of pyridine rings is 1. The predicted molar refractivity (Wildman–Crippen MR) is 70.7 cm³/mol. The third kappa shape index (κ3) is 2.26. The Morgan fingerprint density at radius 2 is 1.82 bits per heavy atom. The average molecular weight is 287 g/mol. The Morgan fingerprint density at radius 3 is 2.71 bits per heavy atom. The Kier molecular flexibility index (Phi) is 2.95. The quantitative estimate of drug-likeness (QED) is 0.672. The summed E-state index contributed by atoms with van der Waals surface area (Å²) in [6.07, 6.45) is 3.95. The molecule has 3 rings (SSSR count). The Balaban J connectivity index is 1.82. The fourth-order valence-electron chi connectivity index (χ4n) is 1.76. The van der Waals surface area contributed by atoms with Crippen LogP contribution in [0.2, 0.25) is 0 Å². The van der Waals surface area contributed by atoms with Crippen LogP contribution in [0, 0.1) is 0 Å². The van der Waals surface area contributed by atoms with E-state index in [9.17, 15) is 0 Å². The van der Waals surface area contributed by atoms with Crippen molar-refractivity contribution in [2.45, 2.75) is 5.32 Å². The zero-order chi connectivity index (χ0) is 11.5. The van der Waals surface area contributed by atoms with E-state index in [1.165, 1.54) is 15.7 Å². The van der Waals surface area contributed by atoms with E-state index >= 15 is 0 Å². The number of rotatable bonds is 3. The van der Waals surface area contributed by atoms with Gasteiger partial charge in [0.05, 0.1) is 0 Å². The van der Waals surface area contributed by atoms with Gasteiger partial charge in [0.25, 0.3) is 0 Å². The molecule has 1 aromatic carbocycles. The third-order valence-corrected chi connectivity index (χ3v) is 4.86. The van der Waals surface area contributed by atoms with Crippen molar-refractivity contribution in [3.8, 4) is 0 Å². The standard InChI is InChI=1S/C14H12N2Se/c1-2-6-12(7-3-1)10-17-14-13-8-4-5-9-16(13)11-15-14/h1-9,11H,10H2. The second kappa shape index (κ2) is 4.74. The molecule has 0 bridgehead atoms. The van der Waals surface area contributed by atoms with Crippen molar-refractivity contribution < 1.29 is 0 Å². The molecule has 2 nitrogen and oxygen atoms in total. The van der Waals surface area contributed by atoms with Gasteiger partial charge in [-0.25, -0.2) is 0 Å². The van der Waals surface area contributed by atoms with Gasteiger partial charge in [-0.2, -0.15) is 0 Å². The molecule has 0 aliphatic rings. The molecule has 0 saturated carbocycles. The maximum absolute atomic E-state index is 4.50. The van der Waals surface area contributed by atoms with E-state index < -0.39 is 0 Å². The summed E-state index contributed by atoms with van der Waals surface area (Å²) in [5.74, 6) is 0. The molecule has 0 unspecified atom stereocenters. The summed E-state index contributed by atoms with van der Waals surface area (Å²) in [6, 6.07) is 16.8. The van der Waals surface area contributed by atoms with Gasteiger partial charge in [0, 0.05) is 0 Å². The minimum atomic E-state index is 0.400. The fraction of sp³-hybridized carbons (Fsp3) is 0.0714. The van der Waals surface area contributed by atoms with Crippen LogP contribution in [0.5, 0.6) is 0 Å². The normalized spacial score (nSPS) is 10.8. The van der Waals surface area contributed by atoms with E-state index in [0.717, 1.165) is 5.32 Å². The molecule has 3 heteroatoms. The first-order valence-electron chi connectivity index (χ1n) is 5.52. The third-order valence-electron chi connectivity index (χ3n) is 2.63. The van der Waals surface area contributed by atoms with Crippen molar-refractivity contribution in [3.63, 3.8) is 0 Å². The fourth-order valence-corrected chi connectivity index (χ4v) is 3.73. The van der Waals surface area contributed by atoms with Gasteiger partial charge in [0.15, 0.2) is 0 Å². The number of nitrogens with zero attached hydrogens (tertiary/aromatic N) is 2.